The lowest BCUT2D eigenvalue weighted by Crippen LogP contribution is -2.47. The van der Waals surface area contributed by atoms with Gasteiger partial charge in [0.15, 0.2) is 11.1 Å². The summed E-state index contributed by atoms with van der Waals surface area (Å²) >= 11 is -2.03. The van der Waals surface area contributed by atoms with Gasteiger partial charge in [-0.05, 0) is 0 Å². The van der Waals surface area contributed by atoms with E-state index in [9.17, 15) is 23.7 Å². The van der Waals surface area contributed by atoms with Crippen LogP contribution in [-0.4, -0.2) is 68.5 Å². The summed E-state index contributed by atoms with van der Waals surface area (Å²) in [6.45, 7) is 2.52. The van der Waals surface area contributed by atoms with E-state index in [1.165, 1.54) is 13.8 Å². The van der Waals surface area contributed by atoms with Crippen molar-refractivity contribution in [1.29, 1.82) is 0 Å². The molecule has 2 atom stereocenters. The Hall–Kier alpha value is -1.72. The second kappa shape index (κ2) is 10.1. The van der Waals surface area contributed by atoms with E-state index in [4.69, 9.17) is 14.4 Å². The molecule has 0 rings (SSSR count). The summed E-state index contributed by atoms with van der Waals surface area (Å²) in [6, 6.07) is 0. The van der Waals surface area contributed by atoms with Gasteiger partial charge < -0.3 is 30.1 Å². The van der Waals surface area contributed by atoms with Gasteiger partial charge in [-0.1, -0.05) is 13.8 Å². The van der Waals surface area contributed by atoms with E-state index in [2.05, 4.69) is 10.6 Å². The highest BCUT2D eigenvalue weighted by atomic mass is 32.2. The Kier molecular flexibility index (Phi) is 9.37. The minimum absolute atomic E-state index is 0.0550. The van der Waals surface area contributed by atoms with E-state index in [-0.39, 0.29) is 31.9 Å². The maximum absolute atomic E-state index is 11.7. The lowest BCUT2D eigenvalue weighted by molar-refractivity contribution is -0.138. The van der Waals surface area contributed by atoms with Crippen LogP contribution in [0.3, 0.4) is 0 Å². The number of rotatable bonds is 10. The minimum atomic E-state index is -2.03. The zero-order valence-electron chi connectivity index (χ0n) is 12.9. The number of carbonyl (C=O) groups is 3. The van der Waals surface area contributed by atoms with E-state index in [1.807, 2.05) is 0 Å². The first-order valence-corrected chi connectivity index (χ1v) is 7.99. The average molecular weight is 354 g/mol. The number of aliphatic hydroxyl groups is 1. The molecule has 0 fully saturated rings. The second-order valence-corrected chi connectivity index (χ2v) is 6.41. The fourth-order valence-corrected chi connectivity index (χ4v) is 1.64. The number of hydrogen-bond acceptors (Lipinski definition) is 6. The molecule has 1 unspecified atom stereocenters. The molecule has 0 saturated heterocycles. The number of aliphatic hydroxyl groups excluding tert-OH is 1. The minimum Gasteiger partial charge on any atom is -0.481 e. The first-order valence-electron chi connectivity index (χ1n) is 6.72. The van der Waals surface area contributed by atoms with Gasteiger partial charge in [-0.15, -0.1) is 0 Å². The van der Waals surface area contributed by atoms with Gasteiger partial charge in [-0.3, -0.25) is 9.59 Å². The molecule has 23 heavy (non-hydrogen) atoms. The molecule has 0 aromatic heterocycles. The van der Waals surface area contributed by atoms with Crippen molar-refractivity contribution >= 4 is 29.1 Å². The standard InChI is InChI=1S/C12H22N2O8S/c1-12(2,7-22-11(19)14-5-6-23(20)21)9(17)10(18)13-4-3-8(15)16/h9,17H,3-7H2,1-2H3,(H,13,18)(H,14,19)(H,15,16)(H,20,21)/t9-/m0/s1. The van der Waals surface area contributed by atoms with Crippen LogP contribution in [0, 0.1) is 5.41 Å². The molecular weight excluding hydrogens is 332 g/mol. The lowest BCUT2D eigenvalue weighted by Gasteiger charge is -2.28. The van der Waals surface area contributed by atoms with Crippen molar-refractivity contribution in [3.8, 4) is 0 Å². The molecule has 0 aliphatic heterocycles. The van der Waals surface area contributed by atoms with Gasteiger partial charge in [-0.2, -0.15) is 0 Å². The summed E-state index contributed by atoms with van der Waals surface area (Å²) in [7, 11) is 0. The summed E-state index contributed by atoms with van der Waals surface area (Å²) in [5.74, 6) is -1.99. The van der Waals surface area contributed by atoms with Gasteiger partial charge in [0, 0.05) is 18.5 Å². The molecule has 0 aromatic rings. The smallest absolute Gasteiger partial charge is 0.407 e. The number of carboxylic acids is 1. The SMILES string of the molecule is CC(C)(COC(=O)NCCS(=O)O)[C@@H](O)C(=O)NCCC(=O)O. The van der Waals surface area contributed by atoms with Crippen LogP contribution < -0.4 is 10.6 Å². The Bertz CT molecular complexity index is 454. The third-order valence-corrected chi connectivity index (χ3v) is 3.30. The lowest BCUT2D eigenvalue weighted by atomic mass is 9.87. The Morgan fingerprint density at radius 2 is 1.83 bits per heavy atom. The number of aliphatic carboxylic acids is 1. The van der Waals surface area contributed by atoms with Crippen LogP contribution in [0.25, 0.3) is 0 Å². The van der Waals surface area contributed by atoms with Gasteiger partial charge in [0.1, 0.15) is 12.7 Å². The first kappa shape index (κ1) is 21.3. The number of ether oxygens (including phenoxy) is 1. The number of nitrogens with one attached hydrogen (secondary N) is 2. The fourth-order valence-electron chi connectivity index (χ4n) is 1.37. The summed E-state index contributed by atoms with van der Waals surface area (Å²) in [5.41, 5.74) is -1.11. The van der Waals surface area contributed by atoms with Crippen molar-refractivity contribution in [2.75, 3.05) is 25.4 Å². The molecule has 134 valence electrons. The predicted octanol–water partition coefficient (Wildman–Crippen LogP) is -1.09. The van der Waals surface area contributed by atoms with Gasteiger partial charge in [0.05, 0.1) is 12.2 Å². The maximum atomic E-state index is 11.7. The molecule has 0 spiro atoms. The molecule has 0 saturated carbocycles. The third kappa shape index (κ3) is 9.81. The topological polar surface area (TPSA) is 162 Å². The molecular formula is C12H22N2O8S. The average Bonchev–Trinajstić information content (AvgIpc) is 2.43. The van der Waals surface area contributed by atoms with Crippen LogP contribution in [0.15, 0.2) is 0 Å². The van der Waals surface area contributed by atoms with Crippen LogP contribution in [0.5, 0.6) is 0 Å². The summed E-state index contributed by atoms with van der Waals surface area (Å²) in [6.07, 6.45) is -2.62. The number of alkyl carbamates (subject to hydrolysis) is 1. The molecule has 0 heterocycles. The molecule has 0 aliphatic carbocycles. The van der Waals surface area contributed by atoms with Crippen molar-refractivity contribution in [3.05, 3.63) is 0 Å². The van der Waals surface area contributed by atoms with Crippen LogP contribution >= 0.6 is 0 Å². The van der Waals surface area contributed by atoms with Gasteiger partial charge in [0.25, 0.3) is 0 Å². The maximum Gasteiger partial charge on any atom is 0.407 e. The first-order chi connectivity index (χ1) is 10.6. The van der Waals surface area contributed by atoms with Crippen LogP contribution in [0.4, 0.5) is 4.79 Å². The number of carbonyl (C=O) groups excluding carboxylic acids is 2. The molecule has 0 radical (unpaired) electrons. The van der Waals surface area contributed by atoms with E-state index in [0.29, 0.717) is 0 Å². The Morgan fingerprint density at radius 3 is 2.35 bits per heavy atom. The molecule has 11 heteroatoms. The van der Waals surface area contributed by atoms with Crippen molar-refractivity contribution in [1.82, 2.24) is 10.6 Å². The Labute approximate surface area is 135 Å². The molecule has 2 amide bonds. The highest BCUT2D eigenvalue weighted by Gasteiger charge is 2.34. The van der Waals surface area contributed by atoms with Gasteiger partial charge in [0.2, 0.25) is 5.91 Å². The summed E-state index contributed by atoms with van der Waals surface area (Å²) in [4.78, 5) is 33.4. The Morgan fingerprint density at radius 1 is 1.22 bits per heavy atom. The third-order valence-electron chi connectivity index (χ3n) is 2.75. The molecule has 5 N–H and O–H groups in total. The summed E-state index contributed by atoms with van der Waals surface area (Å²) in [5, 5.41) is 22.9. The number of amides is 2. The molecule has 0 aromatic carbocycles. The normalized spacial score (nSPS) is 13.7. The highest BCUT2D eigenvalue weighted by Crippen LogP contribution is 2.21. The zero-order chi connectivity index (χ0) is 18.0. The van der Waals surface area contributed by atoms with Crippen LogP contribution in [0.2, 0.25) is 0 Å². The largest absolute Gasteiger partial charge is 0.481 e. The quantitative estimate of drug-likeness (QED) is 0.309. The highest BCUT2D eigenvalue weighted by molar-refractivity contribution is 7.79. The monoisotopic (exact) mass is 354 g/mol. The van der Waals surface area contributed by atoms with Crippen molar-refractivity contribution in [2.24, 2.45) is 5.41 Å². The van der Waals surface area contributed by atoms with Crippen LogP contribution in [0.1, 0.15) is 20.3 Å². The zero-order valence-corrected chi connectivity index (χ0v) is 13.7. The number of carboxylic acid groups (broad SMARTS) is 1. The Balaban J connectivity index is 4.22. The van der Waals surface area contributed by atoms with E-state index >= 15 is 0 Å². The van der Waals surface area contributed by atoms with Crippen molar-refractivity contribution in [2.45, 2.75) is 26.4 Å². The van der Waals surface area contributed by atoms with E-state index < -0.39 is 40.6 Å². The fraction of sp³-hybridized carbons (Fsp3) is 0.750. The molecule has 0 aliphatic rings. The van der Waals surface area contributed by atoms with E-state index in [1.54, 1.807) is 0 Å². The van der Waals surface area contributed by atoms with Gasteiger partial charge in [-0.25, -0.2) is 9.00 Å². The molecule has 0 bridgehead atoms. The number of hydrogen-bond donors (Lipinski definition) is 5. The second-order valence-electron chi connectivity index (χ2n) is 5.35. The van der Waals surface area contributed by atoms with E-state index in [0.717, 1.165) is 0 Å². The summed E-state index contributed by atoms with van der Waals surface area (Å²) < 4.78 is 23.8. The molecule has 10 nitrogen and oxygen atoms in total. The van der Waals surface area contributed by atoms with Crippen molar-refractivity contribution in [3.63, 3.8) is 0 Å². The van der Waals surface area contributed by atoms with Gasteiger partial charge >= 0.3 is 12.1 Å². The predicted molar refractivity (Wildman–Crippen MR) is 80.0 cm³/mol. The van der Waals surface area contributed by atoms with Crippen molar-refractivity contribution < 1.29 is 38.1 Å². The van der Waals surface area contributed by atoms with Crippen LogP contribution in [-0.2, 0) is 25.4 Å².